The number of nitrogens with zero attached hydrogens (tertiary/aromatic N) is 1. The van der Waals surface area contributed by atoms with Crippen molar-refractivity contribution in [1.29, 1.82) is 0 Å². The molecule has 0 radical (unpaired) electrons. The molecule has 0 aromatic heterocycles. The first-order valence-electron chi connectivity index (χ1n) is 4.37. The van der Waals surface area contributed by atoms with Crippen molar-refractivity contribution in [1.82, 2.24) is 0 Å². The van der Waals surface area contributed by atoms with Gasteiger partial charge in [0.1, 0.15) is 0 Å². The van der Waals surface area contributed by atoms with Crippen LogP contribution in [0, 0.1) is 0 Å². The molecule has 0 bridgehead atoms. The van der Waals surface area contributed by atoms with Gasteiger partial charge in [-0.3, -0.25) is 4.79 Å². The molecular weight excluding hydrogens is 190 g/mol. The molecule has 0 amide bonds. The second-order valence-corrected chi connectivity index (χ2v) is 3.30. The number of benzene rings is 1. The number of ketones is 1. The average Bonchev–Trinajstić information content (AvgIpc) is 2.71. The zero-order valence-electron chi connectivity index (χ0n) is 7.31. The van der Waals surface area contributed by atoms with Crippen LogP contribution < -0.4 is 10.6 Å². The predicted octanol–water partition coefficient (Wildman–Crippen LogP) is 0.546. The maximum Gasteiger partial charge on any atom is 0.283 e. The van der Waals surface area contributed by atoms with E-state index in [2.05, 4.69) is 4.99 Å². The van der Waals surface area contributed by atoms with Crippen LogP contribution in [0.15, 0.2) is 41.6 Å². The zero-order chi connectivity index (χ0) is 9.60. The molecule has 3 rings (SSSR count). The van der Waals surface area contributed by atoms with E-state index < -0.39 is 5.72 Å². The lowest BCUT2D eigenvalue weighted by Gasteiger charge is -2.14. The zero-order valence-corrected chi connectivity index (χ0v) is 7.31. The summed E-state index contributed by atoms with van der Waals surface area (Å²) in [5.74, 6) is -0.117. The normalized spacial score (nSPS) is 25.2. The van der Waals surface area contributed by atoms with Crippen LogP contribution in [0.25, 0.3) is 6.08 Å². The van der Waals surface area contributed by atoms with Gasteiger partial charge in [0.05, 0.1) is 11.6 Å². The second-order valence-electron chi connectivity index (χ2n) is 3.30. The van der Waals surface area contributed by atoms with Crippen LogP contribution in [0.3, 0.4) is 0 Å². The molecule has 0 fully saturated rings. The van der Waals surface area contributed by atoms with Gasteiger partial charge < -0.3 is 4.74 Å². The fourth-order valence-electron chi connectivity index (χ4n) is 1.70. The van der Waals surface area contributed by atoms with Gasteiger partial charge >= 0.3 is 0 Å². The van der Waals surface area contributed by atoms with Gasteiger partial charge in [-0.25, -0.2) is 4.99 Å². The van der Waals surface area contributed by atoms with Crippen LogP contribution >= 0.6 is 0 Å². The number of ether oxygens (including phenoxy) is 1. The first-order valence-corrected chi connectivity index (χ1v) is 4.37. The highest BCUT2D eigenvalue weighted by Gasteiger charge is 2.40. The fourth-order valence-corrected chi connectivity index (χ4v) is 1.70. The minimum atomic E-state index is -1.09. The lowest BCUT2D eigenvalue weighted by Crippen LogP contribution is -2.29. The van der Waals surface area contributed by atoms with Gasteiger partial charge in [-0.05, 0) is 12.1 Å². The summed E-state index contributed by atoms with van der Waals surface area (Å²) < 4.78 is 5.24. The van der Waals surface area contributed by atoms with Gasteiger partial charge in [0.2, 0.25) is 5.78 Å². The molecule has 3 heteroatoms. The molecule has 1 unspecified atom stereocenters. The third-order valence-electron chi connectivity index (χ3n) is 2.39. The summed E-state index contributed by atoms with van der Waals surface area (Å²) in [7, 11) is 0. The van der Waals surface area contributed by atoms with Gasteiger partial charge in [0.25, 0.3) is 5.72 Å². The first-order chi connectivity index (χ1) is 6.80. The number of rotatable bonds is 0. The number of para-hydroxylation sites is 1. The molecular formula is C12H11NO2. The van der Waals surface area contributed by atoms with Gasteiger partial charge in [0, 0.05) is 11.3 Å². The predicted molar refractivity (Wildman–Crippen MR) is 56.4 cm³/mol. The van der Waals surface area contributed by atoms with Crippen molar-refractivity contribution < 1.29 is 9.53 Å². The molecule has 3 nitrogen and oxygen atoms in total. The summed E-state index contributed by atoms with van der Waals surface area (Å²) >= 11 is 0. The molecule has 0 saturated heterocycles. The summed E-state index contributed by atoms with van der Waals surface area (Å²) in [4.78, 5) is 15.8. The van der Waals surface area contributed by atoms with E-state index in [1.807, 2.05) is 24.3 Å². The van der Waals surface area contributed by atoms with Crippen molar-refractivity contribution >= 4 is 11.9 Å². The highest BCUT2D eigenvalue weighted by atomic mass is 16.5. The van der Waals surface area contributed by atoms with Crippen molar-refractivity contribution in [3.05, 3.63) is 47.2 Å². The minimum Gasteiger partial charge on any atom is -0.462 e. The molecule has 2 heterocycles. The largest absolute Gasteiger partial charge is 0.462 e. The van der Waals surface area contributed by atoms with Crippen LogP contribution in [0.4, 0.5) is 0 Å². The van der Waals surface area contributed by atoms with Crippen molar-refractivity contribution in [3.8, 4) is 0 Å². The lowest BCUT2D eigenvalue weighted by atomic mass is 10.1. The lowest BCUT2D eigenvalue weighted by molar-refractivity contribution is -0.123. The van der Waals surface area contributed by atoms with Crippen LogP contribution in [-0.2, 0) is 9.53 Å². The molecule has 76 valence electrons. The number of carbonyl (C=O) groups excluding carboxylic acids is 1. The third kappa shape index (κ3) is 1.20. The van der Waals surface area contributed by atoms with Crippen molar-refractivity contribution in [2.75, 3.05) is 0 Å². The summed E-state index contributed by atoms with van der Waals surface area (Å²) in [5.41, 5.74) is -1.09. The van der Waals surface area contributed by atoms with Crippen molar-refractivity contribution in [2.45, 2.75) is 13.2 Å². The van der Waals surface area contributed by atoms with E-state index in [9.17, 15) is 4.79 Å². The molecule has 2 aliphatic rings. The molecule has 1 atom stereocenters. The van der Waals surface area contributed by atoms with Crippen molar-refractivity contribution in [3.63, 3.8) is 0 Å². The Morgan fingerprint density at radius 2 is 2.07 bits per heavy atom. The topological polar surface area (TPSA) is 38.7 Å². The highest BCUT2D eigenvalue weighted by Crippen LogP contribution is 2.24. The molecule has 0 saturated carbocycles. The van der Waals surface area contributed by atoms with Gasteiger partial charge in [-0.2, -0.15) is 0 Å². The fraction of sp³-hybridized carbons (Fsp3) is 0.167. The maximum absolute atomic E-state index is 11.5. The third-order valence-corrected chi connectivity index (χ3v) is 2.39. The van der Waals surface area contributed by atoms with E-state index in [4.69, 9.17) is 4.74 Å². The van der Waals surface area contributed by atoms with E-state index in [1.165, 1.54) is 12.3 Å². The number of carbonyl (C=O) groups is 1. The molecule has 0 aliphatic carbocycles. The standard InChI is InChI=1S/C11H7NO2.CH4/c13-10-5-6-14-11(10)7-8-3-1-2-4-9(8)12-11;/h1-7H;1H4. The number of hydrogen-bond donors (Lipinski definition) is 0. The van der Waals surface area contributed by atoms with Crippen molar-refractivity contribution in [2.24, 2.45) is 4.99 Å². The van der Waals surface area contributed by atoms with Gasteiger partial charge in [-0.1, -0.05) is 25.6 Å². The summed E-state index contributed by atoms with van der Waals surface area (Å²) in [5, 5.41) is 1.76. The van der Waals surface area contributed by atoms with E-state index in [1.54, 1.807) is 6.08 Å². The van der Waals surface area contributed by atoms with Crippen LogP contribution in [0.5, 0.6) is 0 Å². The Morgan fingerprint density at radius 3 is 2.73 bits per heavy atom. The Labute approximate surface area is 87.4 Å². The molecule has 1 aromatic carbocycles. The van der Waals surface area contributed by atoms with Gasteiger partial charge in [-0.15, -0.1) is 0 Å². The SMILES string of the molecule is C.O=C1C=COC12C=c1ccccc1=N2. The monoisotopic (exact) mass is 201 g/mol. The van der Waals surface area contributed by atoms with Crippen LogP contribution in [-0.4, -0.2) is 11.5 Å². The number of hydrogen-bond acceptors (Lipinski definition) is 3. The smallest absolute Gasteiger partial charge is 0.283 e. The Balaban J connectivity index is 0.000000853. The van der Waals surface area contributed by atoms with Crippen LogP contribution in [0.2, 0.25) is 0 Å². The van der Waals surface area contributed by atoms with Gasteiger partial charge in [0.15, 0.2) is 0 Å². The highest BCUT2D eigenvalue weighted by molar-refractivity contribution is 6.03. The second kappa shape index (κ2) is 3.05. The van der Waals surface area contributed by atoms with E-state index in [0.717, 1.165) is 10.6 Å². The Kier molecular flexibility index (Phi) is 1.96. The maximum atomic E-state index is 11.5. The Hall–Kier alpha value is -1.90. The van der Waals surface area contributed by atoms with E-state index >= 15 is 0 Å². The van der Waals surface area contributed by atoms with E-state index in [-0.39, 0.29) is 13.2 Å². The quantitative estimate of drug-likeness (QED) is 0.614. The minimum absolute atomic E-state index is 0. The molecule has 2 aliphatic heterocycles. The molecule has 0 N–H and O–H groups in total. The molecule has 15 heavy (non-hydrogen) atoms. The first kappa shape index (κ1) is 9.65. The molecule has 1 spiro atoms. The van der Waals surface area contributed by atoms with Crippen LogP contribution in [0.1, 0.15) is 7.43 Å². The average molecular weight is 201 g/mol. The Morgan fingerprint density at radius 1 is 1.27 bits per heavy atom. The number of fused-ring (bicyclic) bond motifs is 1. The summed E-state index contributed by atoms with van der Waals surface area (Å²) in [6.07, 6.45) is 4.56. The van der Waals surface area contributed by atoms with E-state index in [0.29, 0.717) is 0 Å². The Bertz CT molecular complexity index is 522. The molecule has 1 aromatic rings. The summed E-state index contributed by atoms with van der Waals surface area (Å²) in [6, 6.07) is 7.59. The summed E-state index contributed by atoms with van der Waals surface area (Å²) in [6.45, 7) is 0.